The van der Waals surface area contributed by atoms with Gasteiger partial charge in [0.15, 0.2) is 0 Å². The van der Waals surface area contributed by atoms with Crippen molar-refractivity contribution in [3.05, 3.63) is 111 Å². The SMILES string of the molecule is Cc1cc(OCc2ccc(C(=O)Nc3c(C)nn(Cc4ccccc4)c3C)cc2)cc(C)c1Cl. The Morgan fingerprint density at radius 1 is 0.941 bits per heavy atom. The van der Waals surface area contributed by atoms with Crippen molar-refractivity contribution in [1.82, 2.24) is 9.78 Å². The lowest BCUT2D eigenvalue weighted by molar-refractivity contribution is 0.102. The topological polar surface area (TPSA) is 56.1 Å². The lowest BCUT2D eigenvalue weighted by Crippen LogP contribution is -2.13. The van der Waals surface area contributed by atoms with Gasteiger partial charge in [-0.05, 0) is 74.2 Å². The number of amides is 1. The molecule has 0 spiro atoms. The fourth-order valence-corrected chi connectivity index (χ4v) is 3.99. The quantitative estimate of drug-likeness (QED) is 0.327. The molecule has 6 heteroatoms. The van der Waals surface area contributed by atoms with Gasteiger partial charge in [0, 0.05) is 10.6 Å². The summed E-state index contributed by atoms with van der Waals surface area (Å²) in [6.45, 7) is 8.87. The number of hydrogen-bond donors (Lipinski definition) is 1. The summed E-state index contributed by atoms with van der Waals surface area (Å²) in [6.07, 6.45) is 0. The van der Waals surface area contributed by atoms with Gasteiger partial charge in [-0.15, -0.1) is 0 Å². The molecule has 0 aliphatic heterocycles. The summed E-state index contributed by atoms with van der Waals surface area (Å²) in [5, 5.41) is 8.41. The molecular formula is C28H28ClN3O2. The van der Waals surface area contributed by atoms with E-state index in [1.54, 1.807) is 0 Å². The summed E-state index contributed by atoms with van der Waals surface area (Å²) in [4.78, 5) is 12.9. The van der Waals surface area contributed by atoms with E-state index in [0.717, 1.165) is 50.1 Å². The predicted octanol–water partition coefficient (Wildman–Crippen LogP) is 6.65. The van der Waals surface area contributed by atoms with Gasteiger partial charge in [-0.1, -0.05) is 54.1 Å². The molecular weight excluding hydrogens is 446 g/mol. The summed E-state index contributed by atoms with van der Waals surface area (Å²) in [5.74, 6) is 0.613. The van der Waals surface area contributed by atoms with Crippen molar-refractivity contribution in [3.8, 4) is 5.75 Å². The minimum atomic E-state index is -0.165. The van der Waals surface area contributed by atoms with Crippen molar-refractivity contribution in [2.24, 2.45) is 0 Å². The van der Waals surface area contributed by atoms with Gasteiger partial charge in [-0.2, -0.15) is 5.10 Å². The zero-order valence-electron chi connectivity index (χ0n) is 19.9. The molecule has 4 rings (SSSR count). The molecule has 1 aromatic heterocycles. The second kappa shape index (κ2) is 10.1. The highest BCUT2D eigenvalue weighted by molar-refractivity contribution is 6.32. The first-order valence-electron chi connectivity index (χ1n) is 11.2. The summed E-state index contributed by atoms with van der Waals surface area (Å²) >= 11 is 6.23. The average molecular weight is 474 g/mol. The molecule has 0 bridgehead atoms. The van der Waals surface area contributed by atoms with Crippen LogP contribution in [0.3, 0.4) is 0 Å². The number of halogens is 1. The monoisotopic (exact) mass is 473 g/mol. The Kier molecular flexibility index (Phi) is 7.03. The van der Waals surface area contributed by atoms with E-state index in [-0.39, 0.29) is 5.91 Å². The fourth-order valence-electron chi connectivity index (χ4n) is 3.88. The maximum atomic E-state index is 12.9. The number of nitrogens with one attached hydrogen (secondary N) is 1. The van der Waals surface area contributed by atoms with Crippen LogP contribution in [0.1, 0.15) is 44.0 Å². The van der Waals surface area contributed by atoms with E-state index < -0.39 is 0 Å². The molecule has 0 saturated carbocycles. The lowest BCUT2D eigenvalue weighted by atomic mass is 10.1. The van der Waals surface area contributed by atoms with Gasteiger partial charge in [0.1, 0.15) is 12.4 Å². The largest absolute Gasteiger partial charge is 0.489 e. The predicted molar refractivity (Wildman–Crippen MR) is 137 cm³/mol. The first-order valence-corrected chi connectivity index (χ1v) is 11.6. The zero-order chi connectivity index (χ0) is 24.2. The summed E-state index contributed by atoms with van der Waals surface area (Å²) in [7, 11) is 0. The number of aryl methyl sites for hydroxylation is 3. The van der Waals surface area contributed by atoms with E-state index >= 15 is 0 Å². The Labute approximate surface area is 205 Å². The number of nitrogens with zero attached hydrogens (tertiary/aromatic N) is 2. The van der Waals surface area contributed by atoms with Crippen LogP contribution in [0, 0.1) is 27.7 Å². The van der Waals surface area contributed by atoms with Crippen LogP contribution in [0.4, 0.5) is 5.69 Å². The molecule has 0 aliphatic rings. The highest BCUT2D eigenvalue weighted by Gasteiger charge is 2.15. The molecule has 1 amide bonds. The molecule has 34 heavy (non-hydrogen) atoms. The number of rotatable bonds is 7. The van der Waals surface area contributed by atoms with Crippen LogP contribution in [0.5, 0.6) is 5.75 Å². The van der Waals surface area contributed by atoms with Crippen LogP contribution in [0.15, 0.2) is 66.7 Å². The van der Waals surface area contributed by atoms with Crippen molar-refractivity contribution in [3.63, 3.8) is 0 Å². The number of ether oxygens (including phenoxy) is 1. The van der Waals surface area contributed by atoms with E-state index in [4.69, 9.17) is 16.3 Å². The Morgan fingerprint density at radius 2 is 1.59 bits per heavy atom. The smallest absolute Gasteiger partial charge is 0.255 e. The van der Waals surface area contributed by atoms with E-state index in [1.165, 1.54) is 0 Å². The highest BCUT2D eigenvalue weighted by Crippen LogP contribution is 2.26. The van der Waals surface area contributed by atoms with Crippen molar-refractivity contribution in [1.29, 1.82) is 0 Å². The standard InChI is InChI=1S/C28H28ClN3O2/c1-18-14-25(15-19(2)26(18)29)34-17-23-10-12-24(13-11-23)28(33)30-27-20(3)31-32(21(27)4)16-22-8-6-5-7-9-22/h5-15H,16-17H2,1-4H3,(H,30,33). The minimum Gasteiger partial charge on any atom is -0.489 e. The summed E-state index contributed by atoms with van der Waals surface area (Å²) in [6, 6.07) is 21.4. The number of anilines is 1. The highest BCUT2D eigenvalue weighted by atomic mass is 35.5. The van der Waals surface area contributed by atoms with Crippen LogP contribution < -0.4 is 10.1 Å². The molecule has 0 fully saturated rings. The van der Waals surface area contributed by atoms with Gasteiger partial charge in [0.2, 0.25) is 0 Å². The van der Waals surface area contributed by atoms with E-state index in [0.29, 0.717) is 18.7 Å². The summed E-state index contributed by atoms with van der Waals surface area (Å²) in [5.41, 5.74) is 7.16. The van der Waals surface area contributed by atoms with Crippen molar-refractivity contribution >= 4 is 23.2 Å². The van der Waals surface area contributed by atoms with Crippen LogP contribution in [0.25, 0.3) is 0 Å². The number of carbonyl (C=O) groups excluding carboxylic acids is 1. The van der Waals surface area contributed by atoms with Gasteiger partial charge in [-0.3, -0.25) is 9.48 Å². The Balaban J connectivity index is 1.40. The molecule has 0 atom stereocenters. The molecule has 0 saturated heterocycles. The molecule has 5 nitrogen and oxygen atoms in total. The maximum absolute atomic E-state index is 12.9. The van der Waals surface area contributed by atoms with Crippen LogP contribution in [-0.4, -0.2) is 15.7 Å². The number of hydrogen-bond acceptors (Lipinski definition) is 3. The zero-order valence-corrected chi connectivity index (χ0v) is 20.6. The normalized spacial score (nSPS) is 10.9. The first kappa shape index (κ1) is 23.6. The molecule has 0 aliphatic carbocycles. The second-order valence-electron chi connectivity index (χ2n) is 8.50. The Bertz CT molecular complexity index is 1290. The molecule has 4 aromatic rings. The van der Waals surface area contributed by atoms with Gasteiger partial charge in [0.05, 0.1) is 23.6 Å². The van der Waals surface area contributed by atoms with E-state index in [2.05, 4.69) is 22.5 Å². The average Bonchev–Trinajstić information content (AvgIpc) is 3.09. The van der Waals surface area contributed by atoms with Gasteiger partial charge < -0.3 is 10.1 Å². The van der Waals surface area contributed by atoms with Gasteiger partial charge >= 0.3 is 0 Å². The first-order chi connectivity index (χ1) is 16.3. The molecule has 174 valence electrons. The van der Waals surface area contributed by atoms with Gasteiger partial charge in [0.25, 0.3) is 5.91 Å². The minimum absolute atomic E-state index is 0.165. The molecule has 1 N–H and O–H groups in total. The maximum Gasteiger partial charge on any atom is 0.255 e. The third-order valence-electron chi connectivity index (χ3n) is 5.83. The van der Waals surface area contributed by atoms with Crippen molar-refractivity contribution in [2.75, 3.05) is 5.32 Å². The third kappa shape index (κ3) is 5.32. The second-order valence-corrected chi connectivity index (χ2v) is 8.88. The lowest BCUT2D eigenvalue weighted by Gasteiger charge is -2.11. The molecule has 3 aromatic carbocycles. The fraction of sp³-hybridized carbons (Fsp3) is 0.214. The number of carbonyl (C=O) groups is 1. The molecule has 0 unspecified atom stereocenters. The number of benzene rings is 3. The van der Waals surface area contributed by atoms with Gasteiger partial charge in [-0.25, -0.2) is 0 Å². The van der Waals surface area contributed by atoms with E-state index in [9.17, 15) is 4.79 Å². The Hall–Kier alpha value is -3.57. The molecule has 0 radical (unpaired) electrons. The van der Waals surface area contributed by atoms with E-state index in [1.807, 2.05) is 87.0 Å². The van der Waals surface area contributed by atoms with Crippen molar-refractivity contribution in [2.45, 2.75) is 40.8 Å². The Morgan fingerprint density at radius 3 is 2.24 bits per heavy atom. The number of aromatic nitrogens is 2. The summed E-state index contributed by atoms with van der Waals surface area (Å²) < 4.78 is 7.84. The third-order valence-corrected chi connectivity index (χ3v) is 6.42. The van der Waals surface area contributed by atoms with Crippen LogP contribution >= 0.6 is 11.6 Å². The molecule has 1 heterocycles. The van der Waals surface area contributed by atoms with Crippen LogP contribution in [0.2, 0.25) is 5.02 Å². The van der Waals surface area contributed by atoms with Crippen molar-refractivity contribution < 1.29 is 9.53 Å². The van der Waals surface area contributed by atoms with Crippen LogP contribution in [-0.2, 0) is 13.2 Å².